The van der Waals surface area contributed by atoms with Gasteiger partial charge in [0.05, 0.1) is 26.9 Å². The molecule has 0 fully saturated rings. The van der Waals surface area contributed by atoms with E-state index in [4.69, 9.17) is 19.9 Å². The molecule has 0 bridgehead atoms. The number of halogens is 2. The van der Waals surface area contributed by atoms with Crippen molar-refractivity contribution in [3.05, 3.63) is 17.7 Å². The Hall–Kier alpha value is -1.56. The summed E-state index contributed by atoms with van der Waals surface area (Å²) < 4.78 is 40.2. The third kappa shape index (κ3) is 3.22. The van der Waals surface area contributed by atoms with E-state index in [2.05, 4.69) is 0 Å². The topological polar surface area (TPSA) is 53.7 Å². The molecule has 0 saturated carbocycles. The molecule has 0 aliphatic carbocycles. The second-order valence-corrected chi connectivity index (χ2v) is 3.68. The highest BCUT2D eigenvalue weighted by atomic mass is 19.3. The van der Waals surface area contributed by atoms with Crippen molar-refractivity contribution in [1.29, 1.82) is 0 Å². The Balaban J connectivity index is 3.21. The lowest BCUT2D eigenvalue weighted by Crippen LogP contribution is -2.16. The Morgan fingerprint density at radius 2 is 1.56 bits per heavy atom. The first kappa shape index (κ1) is 14.5. The van der Waals surface area contributed by atoms with Gasteiger partial charge in [0.25, 0.3) is 0 Å². The molecule has 1 atom stereocenters. The molecule has 1 aromatic rings. The normalized spacial score (nSPS) is 12.4. The third-order valence-electron chi connectivity index (χ3n) is 2.56. The fourth-order valence-corrected chi connectivity index (χ4v) is 1.71. The van der Waals surface area contributed by atoms with Gasteiger partial charge < -0.3 is 19.9 Å². The van der Waals surface area contributed by atoms with Gasteiger partial charge in [0.2, 0.25) is 6.43 Å². The molecule has 18 heavy (non-hydrogen) atoms. The van der Waals surface area contributed by atoms with E-state index < -0.39 is 18.9 Å². The van der Waals surface area contributed by atoms with Crippen LogP contribution in [0.15, 0.2) is 12.1 Å². The van der Waals surface area contributed by atoms with Crippen LogP contribution in [0.4, 0.5) is 8.78 Å². The SMILES string of the molecule is COc1cc(OC)c([C@H](N)CC(F)F)c(OC)c1. The molecule has 2 N–H and O–H groups in total. The van der Waals surface area contributed by atoms with Crippen LogP contribution in [0.25, 0.3) is 0 Å². The lowest BCUT2D eigenvalue weighted by Gasteiger charge is -2.19. The van der Waals surface area contributed by atoms with Gasteiger partial charge >= 0.3 is 0 Å². The summed E-state index contributed by atoms with van der Waals surface area (Å²) in [6.07, 6.45) is -2.95. The van der Waals surface area contributed by atoms with Crippen LogP contribution in [-0.4, -0.2) is 27.8 Å². The molecule has 0 aliphatic rings. The number of hydrogen-bond acceptors (Lipinski definition) is 4. The zero-order valence-corrected chi connectivity index (χ0v) is 10.6. The molecule has 0 amide bonds. The lowest BCUT2D eigenvalue weighted by atomic mass is 10.0. The molecule has 102 valence electrons. The average molecular weight is 261 g/mol. The minimum atomic E-state index is -2.49. The predicted octanol–water partition coefficient (Wildman–Crippen LogP) is 2.37. The van der Waals surface area contributed by atoms with Gasteiger partial charge in [-0.05, 0) is 0 Å². The number of methoxy groups -OCH3 is 3. The molecule has 0 spiro atoms. The van der Waals surface area contributed by atoms with Gasteiger partial charge in [0.15, 0.2) is 0 Å². The molecule has 0 aromatic heterocycles. The molecule has 0 heterocycles. The molecule has 0 saturated heterocycles. The number of nitrogens with two attached hydrogens (primary N) is 1. The fraction of sp³-hybridized carbons (Fsp3) is 0.500. The van der Waals surface area contributed by atoms with Gasteiger partial charge in [-0.25, -0.2) is 8.78 Å². The van der Waals surface area contributed by atoms with Crippen molar-refractivity contribution >= 4 is 0 Å². The maximum absolute atomic E-state index is 12.4. The molecule has 6 heteroatoms. The van der Waals surface area contributed by atoms with Crippen LogP contribution in [0.3, 0.4) is 0 Å². The van der Waals surface area contributed by atoms with Crippen LogP contribution in [0.1, 0.15) is 18.0 Å². The standard InChI is InChI=1S/C12H17F2NO3/c1-16-7-4-9(17-2)12(10(5-7)18-3)8(15)6-11(13)14/h4-5,8,11H,6,15H2,1-3H3/t8-/m1/s1. The second-order valence-electron chi connectivity index (χ2n) is 3.68. The van der Waals surface area contributed by atoms with E-state index in [-0.39, 0.29) is 0 Å². The number of alkyl halides is 2. The zero-order chi connectivity index (χ0) is 13.7. The highest BCUT2D eigenvalue weighted by molar-refractivity contribution is 5.52. The van der Waals surface area contributed by atoms with Crippen LogP contribution in [0, 0.1) is 0 Å². The number of ether oxygens (including phenoxy) is 3. The highest BCUT2D eigenvalue weighted by Crippen LogP contribution is 2.39. The molecule has 0 radical (unpaired) electrons. The van der Waals surface area contributed by atoms with E-state index in [0.29, 0.717) is 22.8 Å². The molecule has 1 rings (SSSR count). The van der Waals surface area contributed by atoms with Crippen LogP contribution in [-0.2, 0) is 0 Å². The van der Waals surface area contributed by atoms with E-state index in [9.17, 15) is 8.78 Å². The lowest BCUT2D eigenvalue weighted by molar-refractivity contribution is 0.127. The molecule has 4 nitrogen and oxygen atoms in total. The smallest absolute Gasteiger partial charge is 0.240 e. The maximum Gasteiger partial charge on any atom is 0.240 e. The first-order valence-corrected chi connectivity index (χ1v) is 5.37. The summed E-state index contributed by atoms with van der Waals surface area (Å²) in [7, 11) is 4.37. The van der Waals surface area contributed by atoms with Crippen LogP contribution < -0.4 is 19.9 Å². The zero-order valence-electron chi connectivity index (χ0n) is 10.6. The summed E-state index contributed by atoms with van der Waals surface area (Å²) in [4.78, 5) is 0. The Kier molecular flexibility index (Phi) is 5.15. The first-order valence-electron chi connectivity index (χ1n) is 5.37. The largest absolute Gasteiger partial charge is 0.496 e. The van der Waals surface area contributed by atoms with Crippen LogP contribution in [0.2, 0.25) is 0 Å². The van der Waals surface area contributed by atoms with Crippen molar-refractivity contribution in [2.75, 3.05) is 21.3 Å². The second kappa shape index (κ2) is 6.39. The van der Waals surface area contributed by atoms with E-state index >= 15 is 0 Å². The summed E-state index contributed by atoms with van der Waals surface area (Å²) >= 11 is 0. The van der Waals surface area contributed by atoms with Crippen molar-refractivity contribution in [3.8, 4) is 17.2 Å². The molecular formula is C12H17F2NO3. The monoisotopic (exact) mass is 261 g/mol. The molecular weight excluding hydrogens is 244 g/mol. The molecule has 0 aliphatic heterocycles. The Bertz CT molecular complexity index is 374. The van der Waals surface area contributed by atoms with Gasteiger partial charge in [-0.1, -0.05) is 0 Å². The quantitative estimate of drug-likeness (QED) is 0.854. The van der Waals surface area contributed by atoms with E-state index in [1.807, 2.05) is 0 Å². The molecule has 1 aromatic carbocycles. The summed E-state index contributed by atoms with van der Waals surface area (Å²) in [6, 6.07) is 2.31. The molecule has 0 unspecified atom stereocenters. The van der Waals surface area contributed by atoms with E-state index in [1.54, 1.807) is 12.1 Å². The van der Waals surface area contributed by atoms with Crippen molar-refractivity contribution in [1.82, 2.24) is 0 Å². The highest BCUT2D eigenvalue weighted by Gasteiger charge is 2.22. The minimum Gasteiger partial charge on any atom is -0.496 e. The Morgan fingerprint density at radius 1 is 1.06 bits per heavy atom. The summed E-state index contributed by atoms with van der Waals surface area (Å²) in [5.74, 6) is 1.26. The minimum absolute atomic E-state index is 0.374. The number of benzene rings is 1. The van der Waals surface area contributed by atoms with Gasteiger partial charge in [0.1, 0.15) is 17.2 Å². The summed E-state index contributed by atoms with van der Waals surface area (Å²) in [5, 5.41) is 0. The predicted molar refractivity (Wildman–Crippen MR) is 63.6 cm³/mol. The van der Waals surface area contributed by atoms with E-state index in [1.165, 1.54) is 21.3 Å². The van der Waals surface area contributed by atoms with Crippen LogP contribution >= 0.6 is 0 Å². The average Bonchev–Trinajstić information content (AvgIpc) is 2.35. The third-order valence-corrected chi connectivity index (χ3v) is 2.56. The number of rotatable bonds is 6. The number of hydrogen-bond donors (Lipinski definition) is 1. The summed E-state index contributed by atoms with van der Waals surface area (Å²) in [6.45, 7) is 0. The summed E-state index contributed by atoms with van der Waals surface area (Å²) in [5.41, 5.74) is 6.18. The van der Waals surface area contributed by atoms with Gasteiger partial charge in [-0.2, -0.15) is 0 Å². The van der Waals surface area contributed by atoms with Crippen molar-refractivity contribution in [2.45, 2.75) is 18.9 Å². The Morgan fingerprint density at radius 3 is 1.89 bits per heavy atom. The van der Waals surface area contributed by atoms with Gasteiger partial charge in [0, 0.05) is 24.6 Å². The van der Waals surface area contributed by atoms with Crippen molar-refractivity contribution in [2.24, 2.45) is 5.73 Å². The van der Waals surface area contributed by atoms with E-state index in [0.717, 1.165) is 0 Å². The maximum atomic E-state index is 12.4. The van der Waals surface area contributed by atoms with Gasteiger partial charge in [-0.15, -0.1) is 0 Å². The van der Waals surface area contributed by atoms with Crippen LogP contribution in [0.5, 0.6) is 17.2 Å². The van der Waals surface area contributed by atoms with Crippen molar-refractivity contribution in [3.63, 3.8) is 0 Å². The Labute approximate surface area is 105 Å². The van der Waals surface area contributed by atoms with Crippen molar-refractivity contribution < 1.29 is 23.0 Å². The van der Waals surface area contributed by atoms with Gasteiger partial charge in [-0.3, -0.25) is 0 Å². The first-order chi connectivity index (χ1) is 8.53. The fourth-order valence-electron chi connectivity index (χ4n) is 1.71.